The van der Waals surface area contributed by atoms with E-state index in [1.807, 2.05) is 0 Å². The van der Waals surface area contributed by atoms with Crippen LogP contribution in [0.25, 0.3) is 0 Å². The molecule has 2 heterocycles. The van der Waals surface area contributed by atoms with Crippen molar-refractivity contribution >= 4 is 5.91 Å². The van der Waals surface area contributed by atoms with Gasteiger partial charge in [0, 0.05) is 19.0 Å². The highest BCUT2D eigenvalue weighted by Crippen LogP contribution is 2.21. The standard InChI is InChI=1S/C12H22N2O/c1-2-13-9-5-11(6-10-13)12(15)14-7-3-4-8-14/h11H,2-10H2,1H3. The molecule has 2 fully saturated rings. The molecule has 0 aliphatic carbocycles. The zero-order chi connectivity index (χ0) is 10.7. The minimum absolute atomic E-state index is 0.325. The molecule has 0 N–H and O–H groups in total. The number of hydrogen-bond acceptors (Lipinski definition) is 2. The second kappa shape index (κ2) is 4.97. The fraction of sp³-hybridized carbons (Fsp3) is 0.917. The first-order valence-electron chi connectivity index (χ1n) is 6.32. The van der Waals surface area contributed by atoms with E-state index < -0.39 is 0 Å². The van der Waals surface area contributed by atoms with Gasteiger partial charge in [-0.3, -0.25) is 4.79 Å². The van der Waals surface area contributed by atoms with Crippen LogP contribution in [0.4, 0.5) is 0 Å². The molecule has 2 aliphatic heterocycles. The van der Waals surface area contributed by atoms with E-state index in [1.165, 1.54) is 12.8 Å². The third-order valence-corrected chi connectivity index (χ3v) is 3.80. The quantitative estimate of drug-likeness (QED) is 0.686. The maximum atomic E-state index is 12.1. The predicted octanol–water partition coefficient (Wildman–Crippen LogP) is 1.34. The number of likely N-dealkylation sites (tertiary alicyclic amines) is 2. The van der Waals surface area contributed by atoms with Gasteiger partial charge >= 0.3 is 0 Å². The zero-order valence-electron chi connectivity index (χ0n) is 9.74. The normalized spacial score (nSPS) is 24.7. The Balaban J connectivity index is 1.81. The van der Waals surface area contributed by atoms with Gasteiger partial charge in [0.05, 0.1) is 0 Å². The molecule has 86 valence electrons. The second-order valence-corrected chi connectivity index (χ2v) is 4.74. The zero-order valence-corrected chi connectivity index (χ0v) is 9.74. The van der Waals surface area contributed by atoms with Crippen molar-refractivity contribution < 1.29 is 4.79 Å². The number of carbonyl (C=O) groups is 1. The molecule has 0 aromatic rings. The summed E-state index contributed by atoms with van der Waals surface area (Å²) in [5.74, 6) is 0.758. The first-order valence-corrected chi connectivity index (χ1v) is 6.32. The van der Waals surface area contributed by atoms with E-state index in [0.717, 1.165) is 45.6 Å². The highest BCUT2D eigenvalue weighted by Gasteiger charge is 2.29. The lowest BCUT2D eigenvalue weighted by molar-refractivity contribution is -0.135. The molecule has 0 bridgehead atoms. The predicted molar refractivity (Wildman–Crippen MR) is 60.7 cm³/mol. The van der Waals surface area contributed by atoms with Crippen LogP contribution >= 0.6 is 0 Å². The fourth-order valence-corrected chi connectivity index (χ4v) is 2.69. The molecule has 3 nitrogen and oxygen atoms in total. The minimum atomic E-state index is 0.325. The van der Waals surface area contributed by atoms with Crippen LogP contribution in [0.15, 0.2) is 0 Å². The van der Waals surface area contributed by atoms with Crippen LogP contribution in [0, 0.1) is 5.92 Å². The number of carbonyl (C=O) groups excluding carboxylic acids is 1. The van der Waals surface area contributed by atoms with Gasteiger partial charge in [-0.15, -0.1) is 0 Å². The number of piperidine rings is 1. The molecule has 15 heavy (non-hydrogen) atoms. The highest BCUT2D eigenvalue weighted by molar-refractivity contribution is 5.79. The second-order valence-electron chi connectivity index (χ2n) is 4.74. The van der Waals surface area contributed by atoms with Crippen LogP contribution in [-0.4, -0.2) is 48.4 Å². The fourth-order valence-electron chi connectivity index (χ4n) is 2.69. The van der Waals surface area contributed by atoms with Crippen molar-refractivity contribution in [3.8, 4) is 0 Å². The van der Waals surface area contributed by atoms with Gasteiger partial charge in [-0.2, -0.15) is 0 Å². The molecular formula is C12H22N2O. The van der Waals surface area contributed by atoms with Crippen molar-refractivity contribution in [3.05, 3.63) is 0 Å². The average Bonchev–Trinajstić information content (AvgIpc) is 2.82. The van der Waals surface area contributed by atoms with Gasteiger partial charge in [0.2, 0.25) is 5.91 Å². The summed E-state index contributed by atoms with van der Waals surface area (Å²) in [6.45, 7) is 7.56. The maximum absolute atomic E-state index is 12.1. The molecule has 0 radical (unpaired) electrons. The lowest BCUT2D eigenvalue weighted by atomic mass is 9.95. The van der Waals surface area contributed by atoms with E-state index in [1.54, 1.807) is 0 Å². The maximum Gasteiger partial charge on any atom is 0.225 e. The molecule has 1 amide bonds. The first-order chi connectivity index (χ1) is 7.31. The highest BCUT2D eigenvalue weighted by atomic mass is 16.2. The summed E-state index contributed by atoms with van der Waals surface area (Å²) in [5, 5.41) is 0. The Hall–Kier alpha value is -0.570. The van der Waals surface area contributed by atoms with E-state index in [0.29, 0.717) is 11.8 Å². The van der Waals surface area contributed by atoms with Gasteiger partial charge in [-0.1, -0.05) is 6.92 Å². The van der Waals surface area contributed by atoms with E-state index in [-0.39, 0.29) is 0 Å². The van der Waals surface area contributed by atoms with E-state index in [2.05, 4.69) is 16.7 Å². The Morgan fingerprint density at radius 3 is 2.27 bits per heavy atom. The van der Waals surface area contributed by atoms with E-state index in [4.69, 9.17) is 0 Å². The third-order valence-electron chi connectivity index (χ3n) is 3.80. The van der Waals surface area contributed by atoms with Gasteiger partial charge in [0.15, 0.2) is 0 Å². The van der Waals surface area contributed by atoms with Crippen molar-refractivity contribution in [3.63, 3.8) is 0 Å². The van der Waals surface area contributed by atoms with Gasteiger partial charge in [0.25, 0.3) is 0 Å². The molecule has 0 spiro atoms. The van der Waals surface area contributed by atoms with Crippen molar-refractivity contribution in [2.24, 2.45) is 5.92 Å². The Labute approximate surface area is 92.4 Å². The van der Waals surface area contributed by atoms with Crippen molar-refractivity contribution in [1.82, 2.24) is 9.80 Å². The van der Waals surface area contributed by atoms with Crippen LogP contribution in [0.1, 0.15) is 32.6 Å². The van der Waals surface area contributed by atoms with Crippen molar-refractivity contribution in [2.45, 2.75) is 32.6 Å². The SMILES string of the molecule is CCN1CCC(C(=O)N2CCCC2)CC1. The summed E-state index contributed by atoms with van der Waals surface area (Å²) in [7, 11) is 0. The van der Waals surface area contributed by atoms with E-state index >= 15 is 0 Å². The Morgan fingerprint density at radius 1 is 1.13 bits per heavy atom. The van der Waals surface area contributed by atoms with Crippen LogP contribution in [0.2, 0.25) is 0 Å². The summed E-state index contributed by atoms with van der Waals surface area (Å²) in [5.41, 5.74) is 0. The Kier molecular flexibility index (Phi) is 3.62. The van der Waals surface area contributed by atoms with E-state index in [9.17, 15) is 4.79 Å². The number of rotatable bonds is 2. The minimum Gasteiger partial charge on any atom is -0.342 e. The third kappa shape index (κ3) is 2.51. The van der Waals surface area contributed by atoms with Gasteiger partial charge in [0.1, 0.15) is 0 Å². The molecular weight excluding hydrogens is 188 g/mol. The number of hydrogen-bond donors (Lipinski definition) is 0. The van der Waals surface area contributed by atoms with Crippen LogP contribution < -0.4 is 0 Å². The molecule has 0 atom stereocenters. The van der Waals surface area contributed by atoms with Gasteiger partial charge in [-0.05, 0) is 45.3 Å². The van der Waals surface area contributed by atoms with Crippen LogP contribution in [0.3, 0.4) is 0 Å². The lowest BCUT2D eigenvalue weighted by Crippen LogP contribution is -2.41. The summed E-state index contributed by atoms with van der Waals surface area (Å²) in [6, 6.07) is 0. The van der Waals surface area contributed by atoms with Crippen molar-refractivity contribution in [1.29, 1.82) is 0 Å². The summed E-state index contributed by atoms with van der Waals surface area (Å²) >= 11 is 0. The molecule has 2 aliphatic rings. The molecule has 0 unspecified atom stereocenters. The summed E-state index contributed by atoms with van der Waals surface area (Å²) in [4.78, 5) is 16.6. The topological polar surface area (TPSA) is 23.6 Å². The van der Waals surface area contributed by atoms with Crippen molar-refractivity contribution in [2.75, 3.05) is 32.7 Å². The number of nitrogens with zero attached hydrogens (tertiary/aromatic N) is 2. The largest absolute Gasteiger partial charge is 0.342 e. The number of amides is 1. The smallest absolute Gasteiger partial charge is 0.225 e. The van der Waals surface area contributed by atoms with Gasteiger partial charge in [-0.25, -0.2) is 0 Å². The average molecular weight is 210 g/mol. The van der Waals surface area contributed by atoms with Crippen LogP contribution in [0.5, 0.6) is 0 Å². The Bertz CT molecular complexity index is 216. The molecule has 0 aromatic carbocycles. The van der Waals surface area contributed by atoms with Gasteiger partial charge < -0.3 is 9.80 Å². The molecule has 2 saturated heterocycles. The first kappa shape index (κ1) is 10.9. The lowest BCUT2D eigenvalue weighted by Gasteiger charge is -2.32. The molecule has 0 saturated carbocycles. The Morgan fingerprint density at radius 2 is 1.73 bits per heavy atom. The van der Waals surface area contributed by atoms with Crippen LogP contribution in [-0.2, 0) is 4.79 Å². The molecule has 0 aromatic heterocycles. The summed E-state index contributed by atoms with van der Waals surface area (Å²) in [6.07, 6.45) is 4.56. The summed E-state index contributed by atoms with van der Waals surface area (Å²) < 4.78 is 0. The molecule has 2 rings (SSSR count). The monoisotopic (exact) mass is 210 g/mol. The molecule has 3 heteroatoms.